The predicted octanol–water partition coefficient (Wildman–Crippen LogP) is 2.51. The van der Waals surface area contributed by atoms with Crippen LogP contribution < -0.4 is 5.32 Å². The lowest BCUT2D eigenvalue weighted by Crippen LogP contribution is -2.12. The molecule has 3 N–H and O–H groups in total. The van der Waals surface area contributed by atoms with Gasteiger partial charge in [-0.15, -0.1) is 0 Å². The highest BCUT2D eigenvalue weighted by molar-refractivity contribution is 9.10. The van der Waals surface area contributed by atoms with E-state index in [4.69, 9.17) is 0 Å². The van der Waals surface area contributed by atoms with E-state index in [2.05, 4.69) is 26.2 Å². The summed E-state index contributed by atoms with van der Waals surface area (Å²) in [4.78, 5) is 15.8. The van der Waals surface area contributed by atoms with E-state index in [1.807, 2.05) is 0 Å². The lowest BCUT2D eigenvalue weighted by Gasteiger charge is -2.05. The number of pyridine rings is 1. The maximum Gasteiger partial charge on any atom is 0.257 e. The second-order valence-electron chi connectivity index (χ2n) is 3.55. The number of amides is 1. The van der Waals surface area contributed by atoms with E-state index in [0.717, 1.165) is 10.5 Å². The molecule has 18 heavy (non-hydrogen) atoms. The van der Waals surface area contributed by atoms with Crippen LogP contribution in [-0.4, -0.2) is 21.1 Å². The minimum absolute atomic E-state index is 0.147. The van der Waals surface area contributed by atoms with Crippen molar-refractivity contribution in [2.45, 2.75) is 0 Å². The maximum absolute atomic E-state index is 11.8. The van der Waals surface area contributed by atoms with Crippen molar-refractivity contribution in [1.29, 1.82) is 0 Å². The number of aromatic nitrogens is 1. The monoisotopic (exact) mass is 308 g/mol. The fraction of sp³-hybridized carbons (Fsp3) is 0. The molecule has 1 aromatic heterocycles. The molecule has 0 aliphatic carbocycles. The number of carbonyl (C=O) groups excluding carboxylic acids is 1. The number of anilines is 1. The second-order valence-corrected chi connectivity index (χ2v) is 4.47. The molecule has 5 nitrogen and oxygen atoms in total. The molecule has 0 aliphatic rings. The summed E-state index contributed by atoms with van der Waals surface area (Å²) < 4.78 is 0.784. The number of nitrogens with one attached hydrogen (secondary N) is 1. The van der Waals surface area contributed by atoms with E-state index >= 15 is 0 Å². The lowest BCUT2D eigenvalue weighted by molar-refractivity contribution is 0.102. The van der Waals surface area contributed by atoms with Crippen LogP contribution in [0.15, 0.2) is 41.0 Å². The Morgan fingerprint density at radius 2 is 1.83 bits per heavy atom. The molecule has 0 radical (unpaired) electrons. The summed E-state index contributed by atoms with van der Waals surface area (Å²) in [6.45, 7) is 0. The third-order valence-electron chi connectivity index (χ3n) is 2.13. The first-order valence-corrected chi connectivity index (χ1v) is 5.80. The van der Waals surface area contributed by atoms with E-state index < -0.39 is 5.91 Å². The van der Waals surface area contributed by atoms with Gasteiger partial charge in [-0.2, -0.15) is 0 Å². The van der Waals surface area contributed by atoms with Crippen molar-refractivity contribution in [2.75, 3.05) is 5.32 Å². The Morgan fingerprint density at radius 3 is 2.44 bits per heavy atom. The van der Waals surface area contributed by atoms with Crippen LogP contribution in [0.1, 0.15) is 10.4 Å². The standard InChI is InChI=1S/C12H9BrN2O3/c13-8-1-2-14-11(5-8)15-12(18)7-3-9(16)6-10(17)4-7/h1-6,16-17H,(H,14,15,18). The number of carbonyl (C=O) groups is 1. The van der Waals surface area contributed by atoms with Crippen molar-refractivity contribution >= 4 is 27.7 Å². The van der Waals surface area contributed by atoms with Crippen molar-refractivity contribution < 1.29 is 15.0 Å². The molecule has 1 heterocycles. The first-order chi connectivity index (χ1) is 8.54. The third-order valence-corrected chi connectivity index (χ3v) is 2.62. The predicted molar refractivity (Wildman–Crippen MR) is 69.7 cm³/mol. The summed E-state index contributed by atoms with van der Waals surface area (Å²) in [7, 11) is 0. The summed E-state index contributed by atoms with van der Waals surface area (Å²) in [5, 5.41) is 21.1. The van der Waals surface area contributed by atoms with E-state index in [9.17, 15) is 15.0 Å². The molecule has 0 bridgehead atoms. The van der Waals surface area contributed by atoms with E-state index in [1.165, 1.54) is 12.1 Å². The highest BCUT2D eigenvalue weighted by Gasteiger charge is 2.09. The topological polar surface area (TPSA) is 82.5 Å². The van der Waals surface area contributed by atoms with Crippen molar-refractivity contribution in [3.63, 3.8) is 0 Å². The lowest BCUT2D eigenvalue weighted by atomic mass is 10.2. The van der Waals surface area contributed by atoms with Gasteiger partial charge < -0.3 is 15.5 Å². The van der Waals surface area contributed by atoms with Gasteiger partial charge in [-0.3, -0.25) is 4.79 Å². The van der Waals surface area contributed by atoms with Crippen molar-refractivity contribution in [1.82, 2.24) is 4.98 Å². The number of hydrogen-bond acceptors (Lipinski definition) is 4. The zero-order chi connectivity index (χ0) is 13.1. The number of nitrogens with zero attached hydrogens (tertiary/aromatic N) is 1. The molecule has 0 spiro atoms. The van der Waals surface area contributed by atoms with Crippen LogP contribution in [0.5, 0.6) is 11.5 Å². The molecule has 0 saturated carbocycles. The van der Waals surface area contributed by atoms with Gasteiger partial charge in [-0.25, -0.2) is 4.98 Å². The zero-order valence-corrected chi connectivity index (χ0v) is 10.7. The quantitative estimate of drug-likeness (QED) is 0.796. The number of phenols is 2. The Morgan fingerprint density at radius 1 is 1.17 bits per heavy atom. The van der Waals surface area contributed by atoms with Gasteiger partial charge in [0.15, 0.2) is 0 Å². The number of hydrogen-bond donors (Lipinski definition) is 3. The number of aromatic hydroxyl groups is 2. The van der Waals surface area contributed by atoms with Gasteiger partial charge in [-0.05, 0) is 24.3 Å². The number of rotatable bonds is 2. The molecule has 6 heteroatoms. The molecule has 1 aromatic carbocycles. The Balaban J connectivity index is 2.22. The first kappa shape index (κ1) is 12.4. The summed E-state index contributed by atoms with van der Waals surface area (Å²) in [6.07, 6.45) is 1.54. The van der Waals surface area contributed by atoms with Gasteiger partial charge >= 0.3 is 0 Å². The minimum atomic E-state index is -0.466. The smallest absolute Gasteiger partial charge is 0.257 e. The van der Waals surface area contributed by atoms with Crippen LogP contribution in [0, 0.1) is 0 Å². The molecule has 1 amide bonds. The van der Waals surface area contributed by atoms with E-state index in [1.54, 1.807) is 18.3 Å². The molecule has 0 unspecified atom stereocenters. The Hall–Kier alpha value is -2.08. The molecule has 2 aromatic rings. The molecule has 2 rings (SSSR count). The number of halogens is 1. The third kappa shape index (κ3) is 2.98. The Bertz CT molecular complexity index is 581. The van der Waals surface area contributed by atoms with Crippen LogP contribution in [0.25, 0.3) is 0 Å². The van der Waals surface area contributed by atoms with Gasteiger partial charge in [-0.1, -0.05) is 15.9 Å². The highest BCUT2D eigenvalue weighted by Crippen LogP contribution is 2.21. The van der Waals surface area contributed by atoms with Crippen LogP contribution in [0.2, 0.25) is 0 Å². The molecular formula is C12H9BrN2O3. The van der Waals surface area contributed by atoms with Gasteiger partial charge in [0.1, 0.15) is 17.3 Å². The summed E-state index contributed by atoms with van der Waals surface area (Å²) in [6, 6.07) is 7.03. The van der Waals surface area contributed by atoms with E-state index in [0.29, 0.717) is 5.82 Å². The van der Waals surface area contributed by atoms with E-state index in [-0.39, 0.29) is 17.1 Å². The molecule has 0 aliphatic heterocycles. The maximum atomic E-state index is 11.8. The molecule has 92 valence electrons. The fourth-order valence-electron chi connectivity index (χ4n) is 1.39. The molecule has 0 fully saturated rings. The molecular weight excluding hydrogens is 300 g/mol. The average molecular weight is 309 g/mol. The van der Waals surface area contributed by atoms with Gasteiger partial charge in [0.2, 0.25) is 0 Å². The minimum Gasteiger partial charge on any atom is -0.508 e. The van der Waals surface area contributed by atoms with Gasteiger partial charge in [0.25, 0.3) is 5.91 Å². The van der Waals surface area contributed by atoms with Gasteiger partial charge in [0.05, 0.1) is 0 Å². The summed E-state index contributed by atoms with van der Waals surface area (Å²) in [5.74, 6) is -0.450. The molecule has 0 saturated heterocycles. The molecule has 0 atom stereocenters. The van der Waals surface area contributed by atoms with Crippen LogP contribution in [-0.2, 0) is 0 Å². The fourth-order valence-corrected chi connectivity index (χ4v) is 1.72. The normalized spacial score (nSPS) is 10.1. The Kier molecular flexibility index (Phi) is 3.47. The highest BCUT2D eigenvalue weighted by atomic mass is 79.9. The van der Waals surface area contributed by atoms with Crippen LogP contribution >= 0.6 is 15.9 Å². The van der Waals surface area contributed by atoms with Crippen LogP contribution in [0.4, 0.5) is 5.82 Å². The van der Waals surface area contributed by atoms with Crippen LogP contribution in [0.3, 0.4) is 0 Å². The van der Waals surface area contributed by atoms with Crippen molar-refractivity contribution in [3.8, 4) is 11.5 Å². The summed E-state index contributed by atoms with van der Waals surface area (Å²) in [5.41, 5.74) is 0.147. The van der Waals surface area contributed by atoms with Crippen molar-refractivity contribution in [3.05, 3.63) is 46.6 Å². The number of benzene rings is 1. The van der Waals surface area contributed by atoms with Gasteiger partial charge in [0, 0.05) is 22.3 Å². The van der Waals surface area contributed by atoms with Crippen molar-refractivity contribution in [2.24, 2.45) is 0 Å². The summed E-state index contributed by atoms with van der Waals surface area (Å²) >= 11 is 3.26. The Labute approximate surface area is 111 Å². The number of phenolic OH excluding ortho intramolecular Hbond substituents is 2. The zero-order valence-electron chi connectivity index (χ0n) is 9.09. The second kappa shape index (κ2) is 5.05. The SMILES string of the molecule is O=C(Nc1cc(Br)ccn1)c1cc(O)cc(O)c1. The first-order valence-electron chi connectivity index (χ1n) is 5.00. The largest absolute Gasteiger partial charge is 0.508 e. The average Bonchev–Trinajstić information content (AvgIpc) is 2.27.